The number of allylic oxidation sites excluding steroid dienone is 7. The molecule has 11 rings (SSSR count). The number of hydrogen-bond acceptors (Lipinski definition) is 2. The molecular formula is C56H50N2. The first-order valence-corrected chi connectivity index (χ1v) is 21.2. The molecule has 0 saturated heterocycles. The topological polar surface area (TPSA) is 6.48 Å². The monoisotopic (exact) mass is 750 g/mol. The maximum Gasteiger partial charge on any atom is 0.0485 e. The molecule has 58 heavy (non-hydrogen) atoms. The number of nitrogens with zero attached hydrogens (tertiary/aromatic N) is 2. The molecule has 1 saturated carbocycles. The maximum atomic E-state index is 2.66. The molecule has 2 heteroatoms. The molecule has 284 valence electrons. The van der Waals surface area contributed by atoms with Gasteiger partial charge < -0.3 is 9.80 Å². The SMILES string of the molecule is CC1(C)c2ccccc2-c2ccc(N(c3ccc(-c4ccc5c(c4)C4C(C6C=CC=CC6C4(C)C)N5c4ccccc4)cc3)c3ccc(C4C=CC=CC4)cc3)cc21. The lowest BCUT2D eigenvalue weighted by Crippen LogP contribution is -2.34. The van der Waals surface area contributed by atoms with Gasteiger partial charge in [0.2, 0.25) is 0 Å². The fourth-order valence-electron chi connectivity index (χ4n) is 11.5. The molecule has 1 heterocycles. The lowest BCUT2D eigenvalue weighted by molar-refractivity contribution is 0.260. The van der Waals surface area contributed by atoms with Crippen LogP contribution in [0.25, 0.3) is 22.3 Å². The lowest BCUT2D eigenvalue weighted by atomic mass is 9.71. The molecule has 5 aliphatic rings. The third-order valence-corrected chi connectivity index (χ3v) is 14.4. The van der Waals surface area contributed by atoms with Crippen molar-refractivity contribution < 1.29 is 0 Å². The van der Waals surface area contributed by atoms with Gasteiger partial charge in [-0.2, -0.15) is 0 Å². The fourth-order valence-corrected chi connectivity index (χ4v) is 11.5. The first-order chi connectivity index (χ1) is 28.3. The average molecular weight is 751 g/mol. The van der Waals surface area contributed by atoms with Gasteiger partial charge in [-0.1, -0.05) is 155 Å². The van der Waals surface area contributed by atoms with Crippen LogP contribution in [0.15, 0.2) is 188 Å². The molecule has 5 atom stereocenters. The van der Waals surface area contributed by atoms with Crippen molar-refractivity contribution in [1.82, 2.24) is 0 Å². The van der Waals surface area contributed by atoms with E-state index in [2.05, 4.69) is 226 Å². The van der Waals surface area contributed by atoms with E-state index in [0.717, 1.165) is 17.8 Å². The van der Waals surface area contributed by atoms with Crippen molar-refractivity contribution in [2.75, 3.05) is 9.80 Å². The number of para-hydroxylation sites is 1. The minimum Gasteiger partial charge on any atom is -0.337 e. The maximum absolute atomic E-state index is 2.66. The standard InChI is InChI=1S/C56H50N2/c1-55(2)49-21-13-11-19-45(49)46-33-32-44(36-51(46)55)57(42-28-23-38(24-29-42)37-15-7-5-8-16-37)43-30-25-39(26-31-43)40-27-34-52-48(35-40)53-54(58(52)41-17-9-6-10-18-41)47-20-12-14-22-50(47)56(53,3)4/h5-15,17-37,47,50,53-54H,16H2,1-4H3. The molecule has 2 nitrogen and oxygen atoms in total. The van der Waals surface area contributed by atoms with Crippen molar-refractivity contribution in [3.05, 3.63) is 210 Å². The lowest BCUT2D eigenvalue weighted by Gasteiger charge is -2.34. The Morgan fingerprint density at radius 3 is 2.02 bits per heavy atom. The summed E-state index contributed by atoms with van der Waals surface area (Å²) >= 11 is 0. The van der Waals surface area contributed by atoms with Crippen molar-refractivity contribution in [1.29, 1.82) is 0 Å². The third-order valence-electron chi connectivity index (χ3n) is 14.4. The second-order valence-electron chi connectivity index (χ2n) is 18.2. The highest BCUT2D eigenvalue weighted by Crippen LogP contribution is 2.65. The molecular weight excluding hydrogens is 701 g/mol. The normalized spacial score (nSPS) is 23.6. The highest BCUT2D eigenvalue weighted by atomic mass is 15.2. The number of fused-ring (bicyclic) bond motifs is 8. The van der Waals surface area contributed by atoms with Crippen LogP contribution >= 0.6 is 0 Å². The zero-order chi connectivity index (χ0) is 39.2. The van der Waals surface area contributed by atoms with Gasteiger partial charge in [-0.05, 0) is 123 Å². The Morgan fingerprint density at radius 2 is 1.24 bits per heavy atom. The predicted octanol–water partition coefficient (Wildman–Crippen LogP) is 14.7. The molecule has 0 aromatic heterocycles. The zero-order valence-corrected chi connectivity index (χ0v) is 33.9. The Kier molecular flexibility index (Phi) is 7.99. The van der Waals surface area contributed by atoms with Gasteiger partial charge in [0.1, 0.15) is 0 Å². The van der Waals surface area contributed by atoms with E-state index in [0.29, 0.717) is 29.7 Å². The van der Waals surface area contributed by atoms with Gasteiger partial charge in [-0.25, -0.2) is 0 Å². The van der Waals surface area contributed by atoms with E-state index in [1.807, 2.05) is 0 Å². The van der Waals surface area contributed by atoms with E-state index in [9.17, 15) is 0 Å². The van der Waals surface area contributed by atoms with Crippen LogP contribution in [0.1, 0.15) is 68.2 Å². The van der Waals surface area contributed by atoms with Crippen molar-refractivity contribution in [3.63, 3.8) is 0 Å². The summed E-state index contributed by atoms with van der Waals surface area (Å²) in [7, 11) is 0. The number of hydrogen-bond donors (Lipinski definition) is 0. The number of rotatable bonds is 6. The number of anilines is 5. The molecule has 4 aliphatic carbocycles. The molecule has 5 unspecified atom stereocenters. The van der Waals surface area contributed by atoms with Gasteiger partial charge in [0.25, 0.3) is 0 Å². The summed E-state index contributed by atoms with van der Waals surface area (Å²) in [6.45, 7) is 9.74. The average Bonchev–Trinajstić information content (AvgIpc) is 3.82. The Balaban J connectivity index is 0.985. The Bertz CT molecular complexity index is 2670. The molecule has 0 N–H and O–H groups in total. The van der Waals surface area contributed by atoms with Crippen LogP contribution in [0.4, 0.5) is 28.4 Å². The minimum atomic E-state index is -0.0803. The number of benzene rings is 6. The van der Waals surface area contributed by atoms with Crippen LogP contribution in [0.3, 0.4) is 0 Å². The summed E-state index contributed by atoms with van der Waals surface area (Å²) in [5, 5.41) is 0. The summed E-state index contributed by atoms with van der Waals surface area (Å²) in [4.78, 5) is 5.10. The van der Waals surface area contributed by atoms with E-state index < -0.39 is 0 Å². The van der Waals surface area contributed by atoms with Gasteiger partial charge in [-0.15, -0.1) is 0 Å². The first-order valence-electron chi connectivity index (χ1n) is 21.2. The van der Waals surface area contributed by atoms with Crippen LogP contribution < -0.4 is 9.80 Å². The highest BCUT2D eigenvalue weighted by Gasteiger charge is 2.60. The highest BCUT2D eigenvalue weighted by molar-refractivity contribution is 5.86. The second kappa shape index (κ2) is 13.2. The van der Waals surface area contributed by atoms with Gasteiger partial charge in [0.15, 0.2) is 0 Å². The van der Waals surface area contributed by atoms with E-state index in [1.165, 1.54) is 61.6 Å². The van der Waals surface area contributed by atoms with Crippen LogP contribution in [0.2, 0.25) is 0 Å². The van der Waals surface area contributed by atoms with E-state index in [1.54, 1.807) is 0 Å². The van der Waals surface area contributed by atoms with E-state index in [4.69, 9.17) is 0 Å². The van der Waals surface area contributed by atoms with Crippen LogP contribution in [-0.2, 0) is 5.41 Å². The van der Waals surface area contributed by atoms with Gasteiger partial charge in [-0.3, -0.25) is 0 Å². The molecule has 0 amide bonds. The first kappa shape index (κ1) is 35.1. The minimum absolute atomic E-state index is 0.0803. The second-order valence-corrected chi connectivity index (χ2v) is 18.2. The molecule has 0 radical (unpaired) electrons. The molecule has 1 aliphatic heterocycles. The van der Waals surface area contributed by atoms with Crippen molar-refractivity contribution >= 4 is 28.4 Å². The Labute approximate surface area is 344 Å². The quantitative estimate of drug-likeness (QED) is 0.167. The van der Waals surface area contributed by atoms with Gasteiger partial charge in [0.05, 0.1) is 0 Å². The largest absolute Gasteiger partial charge is 0.337 e. The summed E-state index contributed by atoms with van der Waals surface area (Å²) in [6.07, 6.45) is 19.4. The van der Waals surface area contributed by atoms with E-state index in [-0.39, 0.29) is 10.8 Å². The summed E-state index contributed by atoms with van der Waals surface area (Å²) in [5.41, 5.74) is 17.0. The molecule has 0 bridgehead atoms. The fraction of sp³-hybridized carbons (Fsp3) is 0.214. The van der Waals surface area contributed by atoms with Crippen molar-refractivity contribution in [2.45, 2.75) is 57.4 Å². The van der Waals surface area contributed by atoms with Crippen molar-refractivity contribution in [2.24, 2.45) is 17.3 Å². The van der Waals surface area contributed by atoms with Crippen LogP contribution in [-0.4, -0.2) is 6.04 Å². The Hall–Kier alpha value is -6.12. The molecule has 0 spiro atoms. The van der Waals surface area contributed by atoms with Gasteiger partial charge in [0, 0.05) is 57.6 Å². The molecule has 6 aromatic carbocycles. The van der Waals surface area contributed by atoms with Crippen LogP contribution in [0, 0.1) is 17.3 Å². The molecule has 6 aromatic rings. The predicted molar refractivity (Wildman–Crippen MR) is 244 cm³/mol. The molecule has 1 fully saturated rings. The van der Waals surface area contributed by atoms with E-state index >= 15 is 0 Å². The Morgan fingerprint density at radius 1 is 0.569 bits per heavy atom. The smallest absolute Gasteiger partial charge is 0.0485 e. The van der Waals surface area contributed by atoms with Crippen molar-refractivity contribution in [3.8, 4) is 22.3 Å². The van der Waals surface area contributed by atoms with Crippen LogP contribution in [0.5, 0.6) is 0 Å². The summed E-state index contributed by atoms with van der Waals surface area (Å²) < 4.78 is 0. The third kappa shape index (κ3) is 5.31. The summed E-state index contributed by atoms with van der Waals surface area (Å²) in [6, 6.07) is 53.3. The zero-order valence-electron chi connectivity index (χ0n) is 33.9. The summed E-state index contributed by atoms with van der Waals surface area (Å²) in [5.74, 6) is 1.80. The van der Waals surface area contributed by atoms with Gasteiger partial charge >= 0.3 is 0 Å².